The molecule has 9 heteroatoms. The van der Waals surface area contributed by atoms with Crippen molar-refractivity contribution < 1.29 is 23.1 Å². The summed E-state index contributed by atoms with van der Waals surface area (Å²) < 4.78 is 23.3. The Bertz CT molecular complexity index is 973. The molecule has 0 saturated carbocycles. The largest absolute Gasteiger partial charge is 0.478 e. The molecule has 0 radical (unpaired) electrons. The van der Waals surface area contributed by atoms with Crippen molar-refractivity contribution in [1.82, 2.24) is 0 Å². The first-order chi connectivity index (χ1) is 12.1. The molecule has 0 spiro atoms. The van der Waals surface area contributed by atoms with E-state index in [1.807, 2.05) is 0 Å². The number of rotatable bonds is 6. The van der Waals surface area contributed by atoms with E-state index in [0.717, 1.165) is 6.26 Å². The minimum atomic E-state index is -3.45. The predicted octanol–water partition coefficient (Wildman–Crippen LogP) is 2.80. The van der Waals surface area contributed by atoms with Crippen LogP contribution in [0.5, 0.6) is 0 Å². The second-order valence-corrected chi connectivity index (χ2v) is 7.94. The summed E-state index contributed by atoms with van der Waals surface area (Å²) >= 11 is 6.10. The molecule has 26 heavy (non-hydrogen) atoms. The van der Waals surface area contributed by atoms with E-state index in [9.17, 15) is 18.0 Å². The van der Waals surface area contributed by atoms with Crippen LogP contribution in [-0.2, 0) is 14.6 Å². The Balaban J connectivity index is 2.11. The zero-order chi connectivity index (χ0) is 19.5. The molecule has 2 aromatic carbocycles. The molecule has 0 unspecified atom stereocenters. The molecular formula is C17H17ClN2O5S. The number of nitrogens with one attached hydrogen (secondary N) is 2. The highest BCUT2D eigenvalue weighted by atomic mass is 35.5. The molecule has 0 saturated heterocycles. The molecule has 0 aliphatic rings. The lowest BCUT2D eigenvalue weighted by Gasteiger charge is -2.13. The van der Waals surface area contributed by atoms with Gasteiger partial charge in [0.15, 0.2) is 9.84 Å². The van der Waals surface area contributed by atoms with E-state index in [1.165, 1.54) is 24.3 Å². The zero-order valence-corrected chi connectivity index (χ0v) is 15.6. The summed E-state index contributed by atoms with van der Waals surface area (Å²) in [6.45, 7) is 1.49. The number of sulfone groups is 1. The fourth-order valence-electron chi connectivity index (χ4n) is 2.29. The molecule has 0 heterocycles. The fraction of sp³-hybridized carbons (Fsp3) is 0.176. The number of carbonyl (C=O) groups is 2. The Morgan fingerprint density at radius 1 is 1.12 bits per heavy atom. The molecule has 1 amide bonds. The smallest absolute Gasteiger partial charge is 0.337 e. The Hall–Kier alpha value is -2.58. The number of carboxylic acids is 1. The van der Waals surface area contributed by atoms with Gasteiger partial charge >= 0.3 is 5.97 Å². The highest BCUT2D eigenvalue weighted by Crippen LogP contribution is 2.30. The van der Waals surface area contributed by atoms with Crippen molar-refractivity contribution in [2.75, 3.05) is 23.4 Å². The van der Waals surface area contributed by atoms with Gasteiger partial charge in [-0.15, -0.1) is 0 Å². The molecule has 2 aromatic rings. The molecule has 0 aliphatic carbocycles. The van der Waals surface area contributed by atoms with Crippen LogP contribution in [0.25, 0.3) is 0 Å². The number of carboxylic acid groups (broad SMARTS) is 1. The van der Waals surface area contributed by atoms with E-state index in [2.05, 4.69) is 10.6 Å². The van der Waals surface area contributed by atoms with Crippen molar-refractivity contribution in [3.8, 4) is 0 Å². The second kappa shape index (κ2) is 7.76. The van der Waals surface area contributed by atoms with E-state index in [4.69, 9.17) is 16.7 Å². The molecule has 3 N–H and O–H groups in total. The van der Waals surface area contributed by atoms with Crippen LogP contribution in [0.1, 0.15) is 15.9 Å². The molecular weight excluding hydrogens is 380 g/mol. The number of amides is 1. The Kier molecular flexibility index (Phi) is 5.89. The van der Waals surface area contributed by atoms with Gasteiger partial charge in [0.25, 0.3) is 0 Å². The monoisotopic (exact) mass is 396 g/mol. The van der Waals surface area contributed by atoms with Crippen LogP contribution in [0, 0.1) is 6.92 Å². The van der Waals surface area contributed by atoms with E-state index >= 15 is 0 Å². The first-order valence-electron chi connectivity index (χ1n) is 7.46. The molecule has 0 aliphatic heterocycles. The summed E-state index contributed by atoms with van der Waals surface area (Å²) in [5.74, 6) is -1.60. The highest BCUT2D eigenvalue weighted by molar-refractivity contribution is 7.90. The summed E-state index contributed by atoms with van der Waals surface area (Å²) in [5, 5.41) is 14.6. The van der Waals surface area contributed by atoms with Crippen LogP contribution in [0.15, 0.2) is 41.3 Å². The van der Waals surface area contributed by atoms with Gasteiger partial charge < -0.3 is 15.7 Å². The lowest BCUT2D eigenvalue weighted by molar-refractivity contribution is -0.114. The first-order valence-corrected chi connectivity index (χ1v) is 9.73. The number of halogens is 1. The van der Waals surface area contributed by atoms with Crippen molar-refractivity contribution in [2.45, 2.75) is 11.8 Å². The van der Waals surface area contributed by atoms with Crippen molar-refractivity contribution in [2.24, 2.45) is 0 Å². The van der Waals surface area contributed by atoms with Crippen LogP contribution in [0.2, 0.25) is 5.02 Å². The minimum Gasteiger partial charge on any atom is -0.478 e. The van der Waals surface area contributed by atoms with Gasteiger partial charge in [-0.1, -0.05) is 23.7 Å². The zero-order valence-electron chi connectivity index (χ0n) is 14.0. The minimum absolute atomic E-state index is 0.0158. The summed E-state index contributed by atoms with van der Waals surface area (Å²) in [6, 6.07) is 8.94. The second-order valence-electron chi connectivity index (χ2n) is 5.57. The molecule has 0 atom stereocenters. The van der Waals surface area contributed by atoms with E-state index < -0.39 is 21.7 Å². The number of hydrogen-bond donors (Lipinski definition) is 3. The third-order valence-electron chi connectivity index (χ3n) is 3.62. The molecule has 2 rings (SSSR count). The average molecular weight is 397 g/mol. The number of hydrogen-bond acceptors (Lipinski definition) is 5. The van der Waals surface area contributed by atoms with Gasteiger partial charge in [-0.3, -0.25) is 4.79 Å². The van der Waals surface area contributed by atoms with E-state index in [-0.39, 0.29) is 27.7 Å². The SMILES string of the molecule is Cc1c(NCC(=O)Nc2ccccc2C(=O)O)ccc(S(C)(=O)=O)c1Cl. The number of aromatic carboxylic acids is 1. The summed E-state index contributed by atoms with van der Waals surface area (Å²) in [5.41, 5.74) is 1.17. The van der Waals surface area contributed by atoms with Crippen LogP contribution in [0.4, 0.5) is 11.4 Å². The quantitative estimate of drug-likeness (QED) is 0.692. The maximum Gasteiger partial charge on any atom is 0.337 e. The average Bonchev–Trinajstić information content (AvgIpc) is 2.55. The topological polar surface area (TPSA) is 113 Å². The van der Waals surface area contributed by atoms with Crippen molar-refractivity contribution >= 4 is 44.7 Å². The standard InChI is InChI=1S/C17H17ClN2O5S/c1-10-12(7-8-14(16(10)18)26(2,24)25)19-9-15(21)20-13-6-4-3-5-11(13)17(22)23/h3-8,19H,9H2,1-2H3,(H,20,21)(H,22,23). The Morgan fingerprint density at radius 2 is 1.77 bits per heavy atom. The highest BCUT2D eigenvalue weighted by Gasteiger charge is 2.17. The van der Waals surface area contributed by atoms with Gasteiger partial charge in [0.2, 0.25) is 5.91 Å². The van der Waals surface area contributed by atoms with Crippen molar-refractivity contribution in [3.63, 3.8) is 0 Å². The molecule has 0 fully saturated rings. The summed E-state index contributed by atoms with van der Waals surface area (Å²) in [4.78, 5) is 23.3. The van der Waals surface area contributed by atoms with E-state index in [0.29, 0.717) is 11.3 Å². The van der Waals surface area contributed by atoms with Crippen LogP contribution in [-0.4, -0.2) is 38.2 Å². The Labute approximate surface area is 155 Å². The molecule has 0 bridgehead atoms. The van der Waals surface area contributed by atoms with Gasteiger partial charge in [0.1, 0.15) is 0 Å². The molecule has 7 nitrogen and oxygen atoms in total. The predicted molar refractivity (Wildman–Crippen MR) is 99.8 cm³/mol. The normalized spacial score (nSPS) is 11.0. The van der Waals surface area contributed by atoms with Gasteiger partial charge in [-0.25, -0.2) is 13.2 Å². The number of benzene rings is 2. The first kappa shape index (κ1) is 19.7. The fourth-order valence-corrected chi connectivity index (χ4v) is 3.67. The number of para-hydroxylation sites is 1. The Morgan fingerprint density at radius 3 is 2.38 bits per heavy atom. The molecule has 138 valence electrons. The van der Waals surface area contributed by atoms with Crippen molar-refractivity contribution in [3.05, 3.63) is 52.5 Å². The van der Waals surface area contributed by atoms with Crippen molar-refractivity contribution in [1.29, 1.82) is 0 Å². The lowest BCUT2D eigenvalue weighted by Crippen LogP contribution is -2.23. The van der Waals surface area contributed by atoms with E-state index in [1.54, 1.807) is 19.1 Å². The van der Waals surface area contributed by atoms with Gasteiger partial charge in [-0.05, 0) is 36.8 Å². The number of anilines is 2. The number of carbonyl (C=O) groups excluding carboxylic acids is 1. The van der Waals surface area contributed by atoms with Gasteiger partial charge in [0.05, 0.1) is 27.7 Å². The maximum absolute atomic E-state index is 12.1. The van der Waals surface area contributed by atoms with Crippen LogP contribution >= 0.6 is 11.6 Å². The van der Waals surface area contributed by atoms with Crippen LogP contribution < -0.4 is 10.6 Å². The third-order valence-corrected chi connectivity index (χ3v) is 5.36. The maximum atomic E-state index is 12.1. The summed E-state index contributed by atoms with van der Waals surface area (Å²) in [7, 11) is -3.45. The van der Waals surface area contributed by atoms with Gasteiger partial charge in [0, 0.05) is 11.9 Å². The molecule has 0 aromatic heterocycles. The third kappa shape index (κ3) is 4.53. The summed E-state index contributed by atoms with van der Waals surface area (Å²) in [6.07, 6.45) is 1.06. The lowest BCUT2D eigenvalue weighted by atomic mass is 10.2. The van der Waals surface area contributed by atoms with Crippen LogP contribution in [0.3, 0.4) is 0 Å². The van der Waals surface area contributed by atoms with Gasteiger partial charge in [-0.2, -0.15) is 0 Å².